The number of hydrogen-bond donors (Lipinski definition) is 0. The third-order valence-electron chi connectivity index (χ3n) is 3.31. The number of aromatic nitrogens is 2. The van der Waals surface area contributed by atoms with Crippen LogP contribution < -0.4 is 4.90 Å². The van der Waals surface area contributed by atoms with E-state index < -0.39 is 0 Å². The molecule has 2 aromatic rings. The Balaban J connectivity index is 2.47. The van der Waals surface area contributed by atoms with Crippen molar-refractivity contribution in [3.63, 3.8) is 0 Å². The average Bonchev–Trinajstić information content (AvgIpc) is 2.93. The Bertz CT molecular complexity index is 612. The minimum absolute atomic E-state index is 0.300. The summed E-state index contributed by atoms with van der Waals surface area (Å²) in [5.41, 5.74) is 0.572. The second-order valence-electron chi connectivity index (χ2n) is 4.68. The monoisotopic (exact) mass is 307 g/mol. The molecule has 0 unspecified atom stereocenters. The summed E-state index contributed by atoms with van der Waals surface area (Å²) in [5.74, 6) is 0.534. The highest BCUT2D eigenvalue weighted by Crippen LogP contribution is 2.32. The van der Waals surface area contributed by atoms with Gasteiger partial charge in [0.25, 0.3) is 0 Å². The lowest BCUT2D eigenvalue weighted by molar-refractivity contribution is 0.0529. The van der Waals surface area contributed by atoms with Crippen LogP contribution in [0, 0.1) is 0 Å². The first kappa shape index (κ1) is 15.7. The van der Waals surface area contributed by atoms with E-state index in [4.69, 9.17) is 4.74 Å². The summed E-state index contributed by atoms with van der Waals surface area (Å²) in [6.45, 7) is 8.22. The summed E-state index contributed by atoms with van der Waals surface area (Å²) >= 11 is 1.46. The summed E-state index contributed by atoms with van der Waals surface area (Å²) < 4.78 is 5.14. The van der Waals surface area contributed by atoms with Crippen molar-refractivity contribution in [1.29, 1.82) is 0 Å². The lowest BCUT2D eigenvalue weighted by Gasteiger charge is -2.22. The molecule has 0 radical (unpaired) electrons. The minimum atomic E-state index is -0.300. The van der Waals surface area contributed by atoms with Crippen LogP contribution in [-0.2, 0) is 4.74 Å². The zero-order valence-corrected chi connectivity index (χ0v) is 13.6. The molecule has 0 amide bonds. The standard InChI is InChI=1S/C15H21N3O2S/c1-4-7-8-18(5-2)13-12-11(15(19)20-6-3)9-21-14(12)17-10-16-13/h9-10H,4-8H2,1-3H3. The first-order chi connectivity index (χ1) is 10.2. The van der Waals surface area contributed by atoms with E-state index in [0.717, 1.165) is 42.0 Å². The molecule has 0 N–H and O–H groups in total. The van der Waals surface area contributed by atoms with Crippen LogP contribution in [0.3, 0.4) is 0 Å². The van der Waals surface area contributed by atoms with Gasteiger partial charge < -0.3 is 9.64 Å². The normalized spacial score (nSPS) is 10.8. The number of hydrogen-bond acceptors (Lipinski definition) is 6. The summed E-state index contributed by atoms with van der Waals surface area (Å²) in [4.78, 5) is 23.8. The first-order valence-electron chi connectivity index (χ1n) is 7.37. The van der Waals surface area contributed by atoms with Crippen LogP contribution in [0.25, 0.3) is 10.2 Å². The molecule has 0 spiro atoms. The molecular weight excluding hydrogens is 286 g/mol. The van der Waals surface area contributed by atoms with E-state index in [1.165, 1.54) is 11.3 Å². The smallest absolute Gasteiger partial charge is 0.339 e. The molecule has 0 saturated heterocycles. The Kier molecular flexibility index (Phi) is 5.50. The van der Waals surface area contributed by atoms with E-state index in [9.17, 15) is 4.79 Å². The molecular formula is C15H21N3O2S. The van der Waals surface area contributed by atoms with Crippen LogP contribution in [0.2, 0.25) is 0 Å². The molecule has 0 bridgehead atoms. The van der Waals surface area contributed by atoms with Gasteiger partial charge in [0.2, 0.25) is 0 Å². The van der Waals surface area contributed by atoms with Crippen LogP contribution in [0.5, 0.6) is 0 Å². The fraction of sp³-hybridized carbons (Fsp3) is 0.533. The van der Waals surface area contributed by atoms with Crippen LogP contribution >= 0.6 is 11.3 Å². The molecule has 0 aliphatic carbocycles. The number of unbranched alkanes of at least 4 members (excludes halogenated alkanes) is 1. The molecule has 114 valence electrons. The van der Waals surface area contributed by atoms with Gasteiger partial charge in [0.1, 0.15) is 17.0 Å². The third kappa shape index (κ3) is 3.32. The molecule has 5 nitrogen and oxygen atoms in total. The second kappa shape index (κ2) is 7.36. The number of anilines is 1. The molecule has 0 fully saturated rings. The minimum Gasteiger partial charge on any atom is -0.462 e. The van der Waals surface area contributed by atoms with E-state index in [0.29, 0.717) is 12.2 Å². The number of esters is 1. The lowest BCUT2D eigenvalue weighted by Crippen LogP contribution is -2.25. The van der Waals surface area contributed by atoms with Crippen molar-refractivity contribution < 1.29 is 9.53 Å². The summed E-state index contributed by atoms with van der Waals surface area (Å²) in [6, 6.07) is 0. The predicted octanol–water partition coefficient (Wildman–Crippen LogP) is 3.49. The Morgan fingerprint density at radius 2 is 2.14 bits per heavy atom. The number of carbonyl (C=O) groups is 1. The number of fused-ring (bicyclic) bond motifs is 1. The van der Waals surface area contributed by atoms with Crippen molar-refractivity contribution in [3.8, 4) is 0 Å². The van der Waals surface area contributed by atoms with Crippen LogP contribution in [0.1, 0.15) is 44.0 Å². The zero-order valence-electron chi connectivity index (χ0n) is 12.8. The van der Waals surface area contributed by atoms with Gasteiger partial charge in [-0.15, -0.1) is 11.3 Å². The van der Waals surface area contributed by atoms with E-state index in [-0.39, 0.29) is 5.97 Å². The summed E-state index contributed by atoms with van der Waals surface area (Å²) in [7, 11) is 0. The maximum atomic E-state index is 12.1. The van der Waals surface area contributed by atoms with Gasteiger partial charge >= 0.3 is 5.97 Å². The highest BCUT2D eigenvalue weighted by atomic mass is 32.1. The van der Waals surface area contributed by atoms with Gasteiger partial charge in [0, 0.05) is 18.5 Å². The highest BCUT2D eigenvalue weighted by Gasteiger charge is 2.20. The Morgan fingerprint density at radius 3 is 2.81 bits per heavy atom. The summed E-state index contributed by atoms with van der Waals surface area (Å²) in [6.07, 6.45) is 3.79. The summed E-state index contributed by atoms with van der Waals surface area (Å²) in [5, 5.41) is 2.63. The van der Waals surface area contributed by atoms with Crippen molar-refractivity contribution >= 4 is 33.3 Å². The molecule has 0 aromatic carbocycles. The molecule has 0 saturated carbocycles. The highest BCUT2D eigenvalue weighted by molar-refractivity contribution is 7.17. The first-order valence-corrected chi connectivity index (χ1v) is 8.25. The SMILES string of the molecule is CCCCN(CC)c1ncnc2scc(C(=O)OCC)c12. The number of carbonyl (C=O) groups excluding carboxylic acids is 1. The largest absolute Gasteiger partial charge is 0.462 e. The fourth-order valence-corrected chi connectivity index (χ4v) is 3.09. The number of ether oxygens (including phenoxy) is 1. The van der Waals surface area contributed by atoms with Gasteiger partial charge in [-0.3, -0.25) is 0 Å². The average molecular weight is 307 g/mol. The Hall–Kier alpha value is -1.69. The van der Waals surface area contributed by atoms with Crippen LogP contribution in [0.15, 0.2) is 11.7 Å². The van der Waals surface area contributed by atoms with Crippen molar-refractivity contribution in [2.24, 2.45) is 0 Å². The zero-order chi connectivity index (χ0) is 15.2. The number of rotatable bonds is 7. The van der Waals surface area contributed by atoms with Gasteiger partial charge in [0.05, 0.1) is 17.6 Å². The van der Waals surface area contributed by atoms with Crippen molar-refractivity contribution in [2.45, 2.75) is 33.6 Å². The molecule has 0 aliphatic heterocycles. The topological polar surface area (TPSA) is 55.3 Å². The number of nitrogens with zero attached hydrogens (tertiary/aromatic N) is 3. The lowest BCUT2D eigenvalue weighted by atomic mass is 10.2. The predicted molar refractivity (Wildman–Crippen MR) is 86.2 cm³/mol. The molecule has 2 aromatic heterocycles. The van der Waals surface area contributed by atoms with Gasteiger partial charge in [-0.2, -0.15) is 0 Å². The molecule has 6 heteroatoms. The van der Waals surface area contributed by atoms with Gasteiger partial charge in [-0.05, 0) is 20.3 Å². The van der Waals surface area contributed by atoms with E-state index in [1.54, 1.807) is 6.33 Å². The molecule has 2 heterocycles. The second-order valence-corrected chi connectivity index (χ2v) is 5.54. The Morgan fingerprint density at radius 1 is 1.33 bits per heavy atom. The van der Waals surface area contributed by atoms with Gasteiger partial charge in [-0.25, -0.2) is 14.8 Å². The number of thiophene rings is 1. The molecule has 2 rings (SSSR count). The molecule has 0 atom stereocenters. The quantitative estimate of drug-likeness (QED) is 0.733. The fourth-order valence-electron chi connectivity index (χ4n) is 2.22. The van der Waals surface area contributed by atoms with Gasteiger partial charge in [-0.1, -0.05) is 13.3 Å². The Labute approximate surface area is 129 Å². The van der Waals surface area contributed by atoms with E-state index in [1.807, 2.05) is 12.3 Å². The van der Waals surface area contributed by atoms with Crippen LogP contribution in [-0.4, -0.2) is 35.6 Å². The molecule has 21 heavy (non-hydrogen) atoms. The van der Waals surface area contributed by atoms with Crippen molar-refractivity contribution in [3.05, 3.63) is 17.3 Å². The third-order valence-corrected chi connectivity index (χ3v) is 4.19. The van der Waals surface area contributed by atoms with E-state index in [2.05, 4.69) is 28.7 Å². The maximum absolute atomic E-state index is 12.1. The van der Waals surface area contributed by atoms with Crippen molar-refractivity contribution in [2.75, 3.05) is 24.6 Å². The molecule has 0 aliphatic rings. The van der Waals surface area contributed by atoms with Gasteiger partial charge in [0.15, 0.2) is 0 Å². The maximum Gasteiger partial charge on any atom is 0.339 e. The van der Waals surface area contributed by atoms with Crippen molar-refractivity contribution in [1.82, 2.24) is 9.97 Å². The van der Waals surface area contributed by atoms with E-state index >= 15 is 0 Å². The van der Waals surface area contributed by atoms with Crippen LogP contribution in [0.4, 0.5) is 5.82 Å².